The maximum absolute atomic E-state index is 12.3. The monoisotopic (exact) mass is 314 g/mol. The number of carbonyl (C=O) groups is 1. The number of amides is 1. The molecule has 0 bridgehead atoms. The molecule has 4 nitrogen and oxygen atoms in total. The lowest BCUT2D eigenvalue weighted by Gasteiger charge is -2.36. The molecule has 20 heavy (non-hydrogen) atoms. The zero-order chi connectivity index (χ0) is 14.6. The second-order valence-corrected chi connectivity index (χ2v) is 8.09. The summed E-state index contributed by atoms with van der Waals surface area (Å²) in [6.45, 7) is 6.54. The molecule has 2 heterocycles. The summed E-state index contributed by atoms with van der Waals surface area (Å²) in [5.74, 6) is 0.896. The molecule has 0 spiro atoms. The Morgan fingerprint density at radius 3 is 3.00 bits per heavy atom. The molecule has 1 aliphatic rings. The maximum Gasteiger partial charge on any atom is 0.410 e. The molecule has 1 aromatic rings. The van der Waals surface area contributed by atoms with Gasteiger partial charge < -0.3 is 9.64 Å². The number of aromatic nitrogens is 1. The molecule has 0 radical (unpaired) electrons. The Hall–Kier alpha value is -0.750. The highest BCUT2D eigenvalue weighted by atomic mass is 32.2. The van der Waals surface area contributed by atoms with Crippen molar-refractivity contribution in [2.75, 3.05) is 12.3 Å². The number of thiazole rings is 1. The Morgan fingerprint density at radius 2 is 2.35 bits per heavy atom. The van der Waals surface area contributed by atoms with E-state index in [1.807, 2.05) is 37.2 Å². The predicted octanol–water partition coefficient (Wildman–Crippen LogP) is 4.02. The second kappa shape index (κ2) is 6.80. The first-order chi connectivity index (χ1) is 9.46. The Balaban J connectivity index is 1.92. The number of hydrogen-bond donors (Lipinski definition) is 0. The highest BCUT2D eigenvalue weighted by Gasteiger charge is 2.30. The van der Waals surface area contributed by atoms with Crippen LogP contribution in [0.15, 0.2) is 15.9 Å². The van der Waals surface area contributed by atoms with Crippen LogP contribution in [0.4, 0.5) is 4.79 Å². The van der Waals surface area contributed by atoms with Gasteiger partial charge in [-0.05, 0) is 40.0 Å². The predicted molar refractivity (Wildman–Crippen MR) is 83.4 cm³/mol. The molecule has 0 aromatic carbocycles. The SMILES string of the molecule is CC(C)(C)OC(=O)N1CCCC[C@@H]1CSc1nccs1. The summed E-state index contributed by atoms with van der Waals surface area (Å²) in [4.78, 5) is 18.4. The van der Waals surface area contributed by atoms with Crippen molar-refractivity contribution in [1.29, 1.82) is 0 Å². The Bertz CT molecular complexity index is 429. The van der Waals surface area contributed by atoms with E-state index in [-0.39, 0.29) is 12.1 Å². The fraction of sp³-hybridized carbons (Fsp3) is 0.714. The summed E-state index contributed by atoms with van der Waals surface area (Å²) < 4.78 is 6.58. The van der Waals surface area contributed by atoms with E-state index in [9.17, 15) is 4.79 Å². The van der Waals surface area contributed by atoms with Gasteiger partial charge in [0.1, 0.15) is 9.94 Å². The molecule has 1 aromatic heterocycles. The molecule has 0 unspecified atom stereocenters. The number of nitrogens with zero attached hydrogens (tertiary/aromatic N) is 2. The van der Waals surface area contributed by atoms with E-state index in [2.05, 4.69) is 4.98 Å². The standard InChI is InChI=1S/C14H22N2O2S2/c1-14(2,3)18-13(17)16-8-5-4-6-11(16)10-20-12-15-7-9-19-12/h7,9,11H,4-6,8,10H2,1-3H3/t11-/m1/s1. The molecule has 1 fully saturated rings. The third kappa shape index (κ3) is 4.66. The van der Waals surface area contributed by atoms with Gasteiger partial charge >= 0.3 is 6.09 Å². The summed E-state index contributed by atoms with van der Waals surface area (Å²) in [7, 11) is 0. The molecule has 0 saturated carbocycles. The molecule has 0 N–H and O–H groups in total. The van der Waals surface area contributed by atoms with Gasteiger partial charge in [-0.3, -0.25) is 0 Å². The Kier molecular flexibility index (Phi) is 5.32. The highest BCUT2D eigenvalue weighted by molar-refractivity contribution is 8.01. The van der Waals surface area contributed by atoms with Crippen molar-refractivity contribution in [3.63, 3.8) is 0 Å². The zero-order valence-electron chi connectivity index (χ0n) is 12.3. The van der Waals surface area contributed by atoms with Crippen LogP contribution < -0.4 is 0 Å². The van der Waals surface area contributed by atoms with Crippen molar-refractivity contribution in [3.05, 3.63) is 11.6 Å². The van der Waals surface area contributed by atoms with Crippen molar-refractivity contribution < 1.29 is 9.53 Å². The lowest BCUT2D eigenvalue weighted by Crippen LogP contribution is -2.47. The van der Waals surface area contributed by atoms with Gasteiger partial charge in [0.2, 0.25) is 0 Å². The number of carbonyl (C=O) groups excluding carboxylic acids is 1. The molecule has 1 atom stereocenters. The first-order valence-electron chi connectivity index (χ1n) is 6.97. The van der Waals surface area contributed by atoms with E-state index in [0.717, 1.165) is 29.5 Å². The lowest BCUT2D eigenvalue weighted by molar-refractivity contribution is 0.0126. The van der Waals surface area contributed by atoms with Gasteiger partial charge in [-0.2, -0.15) is 0 Å². The summed E-state index contributed by atoms with van der Waals surface area (Å²) in [5.41, 5.74) is -0.429. The molecule has 1 aliphatic heterocycles. The summed E-state index contributed by atoms with van der Waals surface area (Å²) in [6, 6.07) is 0.257. The average molecular weight is 314 g/mol. The molecule has 112 valence electrons. The Morgan fingerprint density at radius 1 is 1.55 bits per heavy atom. The Labute approximate surface area is 128 Å². The molecule has 1 saturated heterocycles. The second-order valence-electron chi connectivity index (χ2n) is 5.93. The number of ether oxygens (including phenoxy) is 1. The van der Waals surface area contributed by atoms with Crippen LogP contribution in [0.5, 0.6) is 0 Å². The van der Waals surface area contributed by atoms with E-state index >= 15 is 0 Å². The fourth-order valence-corrected chi connectivity index (χ4v) is 4.00. The highest BCUT2D eigenvalue weighted by Crippen LogP contribution is 2.27. The van der Waals surface area contributed by atoms with E-state index in [4.69, 9.17) is 4.74 Å². The maximum atomic E-state index is 12.3. The van der Waals surface area contributed by atoms with Crippen molar-refractivity contribution >= 4 is 29.2 Å². The van der Waals surface area contributed by atoms with Crippen molar-refractivity contribution in [1.82, 2.24) is 9.88 Å². The molecule has 0 aliphatic carbocycles. The minimum atomic E-state index is -0.429. The third-order valence-electron chi connectivity index (χ3n) is 3.06. The van der Waals surface area contributed by atoms with Gasteiger partial charge in [0.15, 0.2) is 0 Å². The smallest absolute Gasteiger partial charge is 0.410 e. The van der Waals surface area contributed by atoms with Gasteiger partial charge in [-0.1, -0.05) is 11.8 Å². The van der Waals surface area contributed by atoms with Gasteiger partial charge in [0, 0.05) is 29.9 Å². The van der Waals surface area contributed by atoms with Crippen LogP contribution in [0, 0.1) is 0 Å². The first-order valence-corrected chi connectivity index (χ1v) is 8.84. The van der Waals surface area contributed by atoms with Crippen LogP contribution in [0.25, 0.3) is 0 Å². The molecular formula is C14H22N2O2S2. The van der Waals surface area contributed by atoms with Gasteiger partial charge in [-0.25, -0.2) is 9.78 Å². The zero-order valence-corrected chi connectivity index (χ0v) is 13.9. The summed E-state index contributed by atoms with van der Waals surface area (Å²) >= 11 is 3.38. The van der Waals surface area contributed by atoms with E-state index in [0.29, 0.717) is 0 Å². The van der Waals surface area contributed by atoms with E-state index < -0.39 is 5.60 Å². The molecule has 6 heteroatoms. The summed E-state index contributed by atoms with van der Waals surface area (Å²) in [6.07, 6.45) is 4.94. The molecular weight excluding hydrogens is 292 g/mol. The van der Waals surface area contributed by atoms with Gasteiger partial charge in [0.05, 0.1) is 0 Å². The minimum absolute atomic E-state index is 0.179. The average Bonchev–Trinajstić information content (AvgIpc) is 2.87. The van der Waals surface area contributed by atoms with E-state index in [1.165, 1.54) is 6.42 Å². The van der Waals surface area contributed by atoms with Crippen molar-refractivity contribution in [2.45, 2.75) is 56.0 Å². The quantitative estimate of drug-likeness (QED) is 0.790. The van der Waals surface area contributed by atoms with Crippen molar-refractivity contribution in [3.8, 4) is 0 Å². The minimum Gasteiger partial charge on any atom is -0.444 e. The van der Waals surface area contributed by atoms with Crippen LogP contribution >= 0.6 is 23.1 Å². The van der Waals surface area contributed by atoms with Gasteiger partial charge in [0.25, 0.3) is 0 Å². The number of thioether (sulfide) groups is 1. The number of rotatable bonds is 3. The van der Waals surface area contributed by atoms with Crippen LogP contribution in [-0.2, 0) is 4.74 Å². The van der Waals surface area contributed by atoms with Crippen LogP contribution in [0.3, 0.4) is 0 Å². The summed E-state index contributed by atoms with van der Waals surface area (Å²) in [5, 5.41) is 1.98. The number of piperidine rings is 1. The fourth-order valence-electron chi connectivity index (χ4n) is 2.18. The van der Waals surface area contributed by atoms with E-state index in [1.54, 1.807) is 23.1 Å². The van der Waals surface area contributed by atoms with Crippen LogP contribution in [0.2, 0.25) is 0 Å². The topological polar surface area (TPSA) is 42.4 Å². The van der Waals surface area contributed by atoms with Crippen LogP contribution in [-0.4, -0.2) is 39.9 Å². The number of likely N-dealkylation sites (tertiary alicyclic amines) is 1. The van der Waals surface area contributed by atoms with Crippen molar-refractivity contribution in [2.24, 2.45) is 0 Å². The first kappa shape index (κ1) is 15.6. The lowest BCUT2D eigenvalue weighted by atomic mass is 10.0. The largest absolute Gasteiger partial charge is 0.444 e. The third-order valence-corrected chi connectivity index (χ3v) is 5.17. The van der Waals surface area contributed by atoms with Gasteiger partial charge in [-0.15, -0.1) is 11.3 Å². The molecule has 2 rings (SSSR count). The van der Waals surface area contributed by atoms with Crippen LogP contribution in [0.1, 0.15) is 40.0 Å². The normalized spacial score (nSPS) is 19.9. The molecule has 1 amide bonds. The number of hydrogen-bond acceptors (Lipinski definition) is 5.